The molecular formula is C15H12N2O4. The van der Waals surface area contributed by atoms with Gasteiger partial charge in [0.25, 0.3) is 11.0 Å². The molecule has 1 N–H and O–H groups in total. The van der Waals surface area contributed by atoms with Crippen LogP contribution in [-0.4, -0.2) is 11.7 Å². The highest BCUT2D eigenvalue weighted by atomic mass is 16.5. The van der Waals surface area contributed by atoms with Crippen LogP contribution in [0.4, 0.5) is 0 Å². The predicted molar refractivity (Wildman–Crippen MR) is 76.7 cm³/mol. The average Bonchev–Trinajstić information content (AvgIpc) is 2.50. The third kappa shape index (κ3) is 1.88. The average molecular weight is 284 g/mol. The molecule has 0 unspecified atom stereocenters. The summed E-state index contributed by atoms with van der Waals surface area (Å²) >= 11 is 0. The molecule has 0 aliphatic rings. The maximum absolute atomic E-state index is 12.5. The van der Waals surface area contributed by atoms with Crippen molar-refractivity contribution >= 4 is 22.1 Å². The zero-order valence-electron chi connectivity index (χ0n) is 11.0. The summed E-state index contributed by atoms with van der Waals surface area (Å²) in [5.74, 6) is 0.0451. The quantitative estimate of drug-likeness (QED) is 0.342. The van der Waals surface area contributed by atoms with Crippen molar-refractivity contribution in [3.63, 3.8) is 0 Å². The number of hydrogen-bond acceptors (Lipinski definition) is 4. The van der Waals surface area contributed by atoms with Crippen LogP contribution in [0.3, 0.4) is 0 Å². The maximum atomic E-state index is 12.5. The van der Waals surface area contributed by atoms with Crippen LogP contribution < -0.4 is 14.2 Å². The smallest absolute Gasteiger partial charge is 0.332 e. The predicted octanol–water partition coefficient (Wildman–Crippen LogP) is 1.53. The Balaban J connectivity index is 2.46. The number of aromatic nitrogens is 2. The van der Waals surface area contributed by atoms with Gasteiger partial charge in [-0.25, -0.2) is 0 Å². The largest absolute Gasteiger partial charge is 0.617 e. The first-order valence-corrected chi connectivity index (χ1v) is 6.28. The lowest BCUT2D eigenvalue weighted by Crippen LogP contribution is -2.39. The van der Waals surface area contributed by atoms with Crippen LogP contribution in [0.2, 0.25) is 0 Å². The third-order valence-corrected chi connectivity index (χ3v) is 3.17. The van der Waals surface area contributed by atoms with Crippen molar-refractivity contribution < 1.29 is 19.3 Å². The van der Waals surface area contributed by atoms with Gasteiger partial charge in [0.05, 0.1) is 0 Å². The van der Waals surface area contributed by atoms with Gasteiger partial charge in [-0.2, -0.15) is 9.46 Å². The molecule has 6 heteroatoms. The summed E-state index contributed by atoms with van der Waals surface area (Å²) < 4.78 is 6.56. The number of para-hydroxylation sites is 2. The normalized spacial score (nSPS) is 10.9. The molecule has 1 heterocycles. The van der Waals surface area contributed by atoms with Gasteiger partial charge in [-0.1, -0.05) is 24.8 Å². The number of hydrogen-bond donors (Lipinski definition) is 1. The highest BCUT2D eigenvalue weighted by molar-refractivity contribution is 5.83. The second-order valence-corrected chi connectivity index (χ2v) is 4.46. The molecule has 0 spiro atoms. The Hall–Kier alpha value is -3.02. The van der Waals surface area contributed by atoms with E-state index in [1.807, 2.05) is 0 Å². The number of phenolic OH excluding ortho intramolecular Hbond substituents is 1. The Morgan fingerprint density at radius 1 is 1.05 bits per heavy atom. The zero-order chi connectivity index (χ0) is 15.0. The van der Waals surface area contributed by atoms with Gasteiger partial charge in [-0.05, 0) is 12.1 Å². The monoisotopic (exact) mass is 284 g/mol. The molecule has 0 radical (unpaired) electrons. The Bertz CT molecular complexity index is 861. The van der Waals surface area contributed by atoms with Crippen molar-refractivity contribution in [1.29, 1.82) is 0 Å². The van der Waals surface area contributed by atoms with Gasteiger partial charge in [0.1, 0.15) is 6.61 Å². The highest BCUT2D eigenvalue weighted by Crippen LogP contribution is 2.25. The third-order valence-electron chi connectivity index (χ3n) is 3.17. The number of phenols is 1. The molecule has 0 aliphatic carbocycles. The fourth-order valence-corrected chi connectivity index (χ4v) is 2.28. The van der Waals surface area contributed by atoms with Gasteiger partial charge in [0, 0.05) is 12.1 Å². The number of rotatable bonds is 3. The van der Waals surface area contributed by atoms with Gasteiger partial charge < -0.3 is 20.3 Å². The van der Waals surface area contributed by atoms with Crippen LogP contribution in [0.5, 0.6) is 11.5 Å². The van der Waals surface area contributed by atoms with E-state index in [1.54, 1.807) is 18.2 Å². The highest BCUT2D eigenvalue weighted by Gasteiger charge is 2.26. The van der Waals surface area contributed by atoms with E-state index in [2.05, 4.69) is 6.58 Å². The fraction of sp³-hybridized carbons (Fsp3) is 0.0667. The van der Waals surface area contributed by atoms with E-state index in [4.69, 9.17) is 4.74 Å². The summed E-state index contributed by atoms with van der Waals surface area (Å²) in [5.41, 5.74) is 0.251. The molecule has 0 saturated heterocycles. The first-order valence-electron chi connectivity index (χ1n) is 6.28. The Morgan fingerprint density at radius 3 is 2.38 bits per heavy atom. The van der Waals surface area contributed by atoms with Crippen LogP contribution in [-0.2, 0) is 0 Å². The molecule has 0 saturated carbocycles. The lowest BCUT2D eigenvalue weighted by atomic mass is 10.2. The number of fused-ring (bicyclic) bond motifs is 2. The fourth-order valence-electron chi connectivity index (χ4n) is 2.28. The van der Waals surface area contributed by atoms with Gasteiger partial charge in [0.2, 0.25) is 0 Å². The number of nitrogens with zero attached hydrogens (tertiary/aromatic N) is 2. The number of ether oxygens (including phenoxy) is 1. The van der Waals surface area contributed by atoms with Gasteiger partial charge >= 0.3 is 11.0 Å². The summed E-state index contributed by atoms with van der Waals surface area (Å²) in [7, 11) is 0. The SMILES string of the molecule is C=CCOc1cccc2c1[n+]([O-])c1cccc(O)c1[n+]2[O-]. The summed E-state index contributed by atoms with van der Waals surface area (Å²) in [4.78, 5) is 0. The molecular weight excluding hydrogens is 272 g/mol. The minimum atomic E-state index is -0.244. The molecule has 3 rings (SSSR count). The maximum Gasteiger partial charge on any atom is 0.332 e. The van der Waals surface area contributed by atoms with E-state index in [-0.39, 0.29) is 40.2 Å². The van der Waals surface area contributed by atoms with Gasteiger partial charge in [0.15, 0.2) is 11.5 Å². The van der Waals surface area contributed by atoms with E-state index in [0.29, 0.717) is 9.46 Å². The molecule has 2 aromatic carbocycles. The minimum absolute atomic E-state index is 0.0686. The Kier molecular flexibility index (Phi) is 2.98. The standard InChI is InChI=1S/C15H12N2O4/c1-2-9-21-13-8-4-6-11-15(13)17(20)10-5-3-7-12(18)14(10)16(11)19/h2-8,18H,1,9H2. The van der Waals surface area contributed by atoms with Crippen LogP contribution in [0.25, 0.3) is 22.1 Å². The lowest BCUT2D eigenvalue weighted by Gasteiger charge is -2.10. The summed E-state index contributed by atoms with van der Waals surface area (Å²) in [6.07, 6.45) is 1.55. The topological polar surface area (TPSA) is 83.3 Å². The lowest BCUT2D eigenvalue weighted by molar-refractivity contribution is -0.591. The van der Waals surface area contributed by atoms with Crippen LogP contribution in [0.1, 0.15) is 0 Å². The van der Waals surface area contributed by atoms with Crippen molar-refractivity contribution in [2.45, 2.75) is 0 Å². The molecule has 21 heavy (non-hydrogen) atoms. The molecule has 0 aliphatic heterocycles. The van der Waals surface area contributed by atoms with Crippen LogP contribution in [0.15, 0.2) is 49.1 Å². The molecule has 106 valence electrons. The van der Waals surface area contributed by atoms with Gasteiger partial charge in [-0.3, -0.25) is 0 Å². The van der Waals surface area contributed by atoms with Crippen molar-refractivity contribution in [2.24, 2.45) is 0 Å². The van der Waals surface area contributed by atoms with E-state index < -0.39 is 0 Å². The van der Waals surface area contributed by atoms with Crippen LogP contribution in [0, 0.1) is 10.4 Å². The van der Waals surface area contributed by atoms with Crippen molar-refractivity contribution in [3.05, 3.63) is 59.5 Å². The molecule has 6 nitrogen and oxygen atoms in total. The van der Waals surface area contributed by atoms with E-state index in [1.165, 1.54) is 24.3 Å². The van der Waals surface area contributed by atoms with E-state index >= 15 is 0 Å². The molecule has 0 bridgehead atoms. The van der Waals surface area contributed by atoms with Gasteiger partial charge in [-0.15, -0.1) is 0 Å². The van der Waals surface area contributed by atoms with Crippen molar-refractivity contribution in [2.75, 3.05) is 6.61 Å². The van der Waals surface area contributed by atoms with E-state index in [9.17, 15) is 15.5 Å². The second kappa shape index (κ2) is 4.82. The molecule has 0 atom stereocenters. The minimum Gasteiger partial charge on any atom is -0.617 e. The van der Waals surface area contributed by atoms with Crippen molar-refractivity contribution in [3.8, 4) is 11.5 Å². The second-order valence-electron chi connectivity index (χ2n) is 4.46. The number of aromatic hydroxyl groups is 1. The summed E-state index contributed by atoms with van der Waals surface area (Å²) in [6.45, 7) is 3.77. The summed E-state index contributed by atoms with van der Waals surface area (Å²) in [5, 5.41) is 34.8. The molecule has 3 aromatic rings. The first kappa shape index (κ1) is 13.0. The zero-order valence-corrected chi connectivity index (χ0v) is 11.0. The Morgan fingerprint density at radius 2 is 1.67 bits per heavy atom. The van der Waals surface area contributed by atoms with Crippen LogP contribution >= 0.6 is 0 Å². The summed E-state index contributed by atoms with van der Waals surface area (Å²) in [6, 6.07) is 9.06. The first-order chi connectivity index (χ1) is 10.1. The van der Waals surface area contributed by atoms with Crippen molar-refractivity contribution in [1.82, 2.24) is 0 Å². The molecule has 0 fully saturated rings. The Labute approximate surface area is 119 Å². The molecule has 1 aromatic heterocycles. The molecule has 0 amide bonds. The number of benzene rings is 2. The van der Waals surface area contributed by atoms with E-state index in [0.717, 1.165) is 0 Å².